The fourth-order valence-electron chi connectivity index (χ4n) is 5.44. The SMILES string of the molecule is CCCc1cc(SCc2sc(-c3ccc(C(F)(F)F)cc3)nc2CN2CCN(c3ccc(C(C)=O)cc3)CC2)ccc1OC(C)C(=O)O. The Labute approximate surface area is 286 Å². The number of hydrogen-bond donors (Lipinski definition) is 1. The number of ether oxygens (including phenoxy) is 1. The molecular weight excluding hydrogens is 660 g/mol. The number of hydrogen-bond acceptors (Lipinski definition) is 8. The predicted molar refractivity (Wildman–Crippen MR) is 184 cm³/mol. The van der Waals surface area contributed by atoms with Crippen LogP contribution in [0.15, 0.2) is 71.6 Å². The largest absolute Gasteiger partial charge is 0.479 e. The molecule has 0 aliphatic carbocycles. The average molecular weight is 698 g/mol. The summed E-state index contributed by atoms with van der Waals surface area (Å²) in [6.07, 6.45) is -3.75. The molecule has 12 heteroatoms. The van der Waals surface area contributed by atoms with Crippen molar-refractivity contribution in [3.8, 4) is 16.3 Å². The molecule has 3 aromatic carbocycles. The van der Waals surface area contributed by atoms with Crippen LogP contribution in [0.4, 0.5) is 18.9 Å². The molecule has 5 rings (SSSR count). The maximum Gasteiger partial charge on any atom is 0.416 e. The zero-order chi connectivity index (χ0) is 34.4. The molecule has 7 nitrogen and oxygen atoms in total. The molecule has 1 aliphatic heterocycles. The molecule has 254 valence electrons. The van der Waals surface area contributed by atoms with Gasteiger partial charge in [-0.25, -0.2) is 9.78 Å². The molecule has 0 bridgehead atoms. The number of nitrogens with zero attached hydrogens (tertiary/aromatic N) is 3. The van der Waals surface area contributed by atoms with Gasteiger partial charge in [0.05, 0.1) is 11.3 Å². The number of anilines is 1. The number of aliphatic carboxylic acids is 1. The quantitative estimate of drug-likeness (QED) is 0.110. The number of carbonyl (C=O) groups excluding carboxylic acids is 1. The first-order valence-electron chi connectivity index (χ1n) is 15.8. The highest BCUT2D eigenvalue weighted by atomic mass is 32.2. The maximum absolute atomic E-state index is 13.2. The van der Waals surface area contributed by atoms with Crippen LogP contribution in [0.25, 0.3) is 10.6 Å². The van der Waals surface area contributed by atoms with E-state index in [1.807, 2.05) is 42.5 Å². The van der Waals surface area contributed by atoms with E-state index in [4.69, 9.17) is 9.72 Å². The van der Waals surface area contributed by atoms with Crippen molar-refractivity contribution in [2.24, 2.45) is 0 Å². The topological polar surface area (TPSA) is 83.0 Å². The third-order valence-electron chi connectivity index (χ3n) is 8.19. The standard InChI is InChI=1S/C36H38F3N3O4S2/c1-4-5-27-20-30(14-15-32(27)46-24(3)35(44)45)47-22-33-31(40-34(48-33)26-6-10-28(11-7-26)36(37,38)39)21-41-16-18-42(19-17-41)29-12-8-25(9-13-29)23(2)43/h6-15,20,24H,4-5,16-19,21-22H2,1-3H3,(H,44,45). The van der Waals surface area contributed by atoms with Gasteiger partial charge in [0.25, 0.3) is 0 Å². The number of alkyl halides is 3. The van der Waals surface area contributed by atoms with Crippen molar-refractivity contribution in [1.29, 1.82) is 0 Å². The lowest BCUT2D eigenvalue weighted by molar-refractivity contribution is -0.144. The molecule has 1 aromatic heterocycles. The third kappa shape index (κ3) is 8.97. The van der Waals surface area contributed by atoms with Crippen molar-refractivity contribution in [2.75, 3.05) is 31.1 Å². The van der Waals surface area contributed by atoms with Gasteiger partial charge in [-0.1, -0.05) is 25.5 Å². The lowest BCUT2D eigenvalue weighted by Crippen LogP contribution is -2.46. The molecule has 1 aliphatic rings. The lowest BCUT2D eigenvalue weighted by Gasteiger charge is -2.36. The van der Waals surface area contributed by atoms with E-state index in [0.29, 0.717) is 34.2 Å². The Balaban J connectivity index is 1.33. The summed E-state index contributed by atoms with van der Waals surface area (Å²) in [5.41, 5.74) is 3.56. The number of ketones is 1. The van der Waals surface area contributed by atoms with Crippen molar-refractivity contribution in [2.45, 2.75) is 63.1 Å². The van der Waals surface area contributed by atoms with E-state index >= 15 is 0 Å². The van der Waals surface area contributed by atoms with Crippen molar-refractivity contribution in [3.05, 3.63) is 94.0 Å². The first-order chi connectivity index (χ1) is 22.9. The number of Topliss-reactive ketones (excluding diaryl/α,β-unsaturated/α-hetero) is 1. The van der Waals surface area contributed by atoms with Gasteiger partial charge in [-0.05, 0) is 80.4 Å². The summed E-state index contributed by atoms with van der Waals surface area (Å²) in [5.74, 6) is 0.195. The number of carbonyl (C=O) groups is 2. The number of halogens is 3. The van der Waals surface area contributed by atoms with E-state index in [1.165, 1.54) is 30.4 Å². The Morgan fingerprint density at radius 3 is 2.31 bits per heavy atom. The minimum Gasteiger partial charge on any atom is -0.479 e. The predicted octanol–water partition coefficient (Wildman–Crippen LogP) is 8.45. The van der Waals surface area contributed by atoms with E-state index in [9.17, 15) is 27.9 Å². The minimum absolute atomic E-state index is 0.0390. The van der Waals surface area contributed by atoms with E-state index in [-0.39, 0.29) is 5.78 Å². The van der Waals surface area contributed by atoms with E-state index in [1.54, 1.807) is 18.7 Å². The molecule has 1 unspecified atom stereocenters. The molecule has 1 fully saturated rings. The Morgan fingerprint density at radius 1 is 1.02 bits per heavy atom. The number of thiazole rings is 1. The van der Waals surface area contributed by atoms with Crippen LogP contribution in [-0.2, 0) is 29.7 Å². The highest BCUT2D eigenvalue weighted by Gasteiger charge is 2.30. The first kappa shape index (κ1) is 35.4. The fourth-order valence-corrected chi connectivity index (χ4v) is 7.58. The van der Waals surface area contributed by atoms with Gasteiger partial charge in [-0.2, -0.15) is 13.2 Å². The molecule has 0 radical (unpaired) electrons. The van der Waals surface area contributed by atoms with Crippen molar-refractivity contribution >= 4 is 40.5 Å². The molecule has 4 aromatic rings. The van der Waals surface area contributed by atoms with Crippen LogP contribution in [0, 0.1) is 0 Å². The molecule has 2 heterocycles. The fraction of sp³-hybridized carbons (Fsp3) is 0.361. The van der Waals surface area contributed by atoms with Crippen molar-refractivity contribution in [1.82, 2.24) is 9.88 Å². The smallest absolute Gasteiger partial charge is 0.416 e. The number of carboxylic acids is 1. The highest BCUT2D eigenvalue weighted by molar-refractivity contribution is 7.98. The molecule has 0 amide bonds. The molecular formula is C36H38F3N3O4S2. The Hall–Kier alpha value is -3.87. The maximum atomic E-state index is 13.2. The zero-order valence-electron chi connectivity index (χ0n) is 27.0. The molecule has 1 saturated heterocycles. The van der Waals surface area contributed by atoms with Gasteiger partial charge < -0.3 is 14.7 Å². The van der Waals surface area contributed by atoms with Crippen LogP contribution in [0.3, 0.4) is 0 Å². The number of piperazine rings is 1. The number of carboxylic acid groups (broad SMARTS) is 1. The number of thioether (sulfide) groups is 1. The van der Waals surface area contributed by atoms with Crippen molar-refractivity contribution in [3.63, 3.8) is 0 Å². The second-order valence-electron chi connectivity index (χ2n) is 11.7. The Bertz CT molecular complexity index is 1720. The molecule has 0 spiro atoms. The number of benzene rings is 3. The van der Waals surface area contributed by atoms with Gasteiger partial charge in [0.2, 0.25) is 0 Å². The van der Waals surface area contributed by atoms with Gasteiger partial charge in [0.1, 0.15) is 10.8 Å². The summed E-state index contributed by atoms with van der Waals surface area (Å²) in [5, 5.41) is 9.97. The van der Waals surface area contributed by atoms with Gasteiger partial charge in [-0.15, -0.1) is 23.1 Å². The second-order valence-corrected chi connectivity index (χ2v) is 13.9. The van der Waals surface area contributed by atoms with Crippen LogP contribution in [0.2, 0.25) is 0 Å². The van der Waals surface area contributed by atoms with Crippen LogP contribution < -0.4 is 9.64 Å². The summed E-state index contributed by atoms with van der Waals surface area (Å²) < 4.78 is 45.4. The molecule has 0 saturated carbocycles. The van der Waals surface area contributed by atoms with Gasteiger partial charge in [0.15, 0.2) is 11.9 Å². The third-order valence-corrected chi connectivity index (χ3v) is 10.5. The lowest BCUT2D eigenvalue weighted by atomic mass is 10.1. The Kier molecular flexibility index (Phi) is 11.5. The summed E-state index contributed by atoms with van der Waals surface area (Å²) in [6.45, 7) is 8.99. The summed E-state index contributed by atoms with van der Waals surface area (Å²) in [7, 11) is 0. The Morgan fingerprint density at radius 2 is 1.71 bits per heavy atom. The molecule has 1 atom stereocenters. The minimum atomic E-state index is -4.41. The summed E-state index contributed by atoms with van der Waals surface area (Å²) >= 11 is 3.13. The van der Waals surface area contributed by atoms with Gasteiger partial charge in [0, 0.05) is 65.1 Å². The van der Waals surface area contributed by atoms with Crippen molar-refractivity contribution < 1.29 is 32.6 Å². The van der Waals surface area contributed by atoms with E-state index < -0.39 is 23.8 Å². The normalized spacial score (nSPS) is 14.6. The highest BCUT2D eigenvalue weighted by Crippen LogP contribution is 2.37. The summed E-state index contributed by atoms with van der Waals surface area (Å²) in [6, 6.07) is 18.6. The van der Waals surface area contributed by atoms with Gasteiger partial charge in [-0.3, -0.25) is 9.69 Å². The van der Waals surface area contributed by atoms with Gasteiger partial charge >= 0.3 is 12.1 Å². The monoisotopic (exact) mass is 697 g/mol. The second kappa shape index (κ2) is 15.6. The van der Waals surface area contributed by atoms with E-state index in [2.05, 4.69) is 16.7 Å². The van der Waals surface area contributed by atoms with E-state index in [0.717, 1.165) is 77.9 Å². The van der Waals surface area contributed by atoms with Crippen LogP contribution in [0.5, 0.6) is 5.75 Å². The number of aryl methyl sites for hydroxylation is 1. The molecule has 48 heavy (non-hydrogen) atoms. The molecule has 1 N–H and O–H groups in total. The number of rotatable bonds is 13. The number of aromatic nitrogens is 1. The van der Waals surface area contributed by atoms with Crippen LogP contribution >= 0.6 is 23.1 Å². The first-order valence-corrected chi connectivity index (χ1v) is 17.6. The summed E-state index contributed by atoms with van der Waals surface area (Å²) in [4.78, 5) is 34.7. The van der Waals surface area contributed by atoms with Crippen LogP contribution in [0.1, 0.15) is 59.2 Å². The zero-order valence-corrected chi connectivity index (χ0v) is 28.7. The average Bonchev–Trinajstić information content (AvgIpc) is 3.47. The van der Waals surface area contributed by atoms with Crippen LogP contribution in [-0.4, -0.2) is 59.0 Å².